The van der Waals surface area contributed by atoms with Gasteiger partial charge in [-0.3, -0.25) is 4.79 Å². The first-order valence-electron chi connectivity index (χ1n) is 4.85. The summed E-state index contributed by atoms with van der Waals surface area (Å²) in [7, 11) is 1.50. The summed E-state index contributed by atoms with van der Waals surface area (Å²) in [4.78, 5) is 11.3. The van der Waals surface area contributed by atoms with Crippen molar-refractivity contribution in [3.8, 4) is 0 Å². The molecule has 0 saturated carbocycles. The number of nitrogens with two attached hydrogens (primary N) is 1. The molecule has 0 unspecified atom stereocenters. The van der Waals surface area contributed by atoms with Crippen LogP contribution < -0.4 is 5.73 Å². The fraction of sp³-hybridized carbons (Fsp3) is 0.154. The maximum absolute atomic E-state index is 11.3. The first-order valence-corrected chi connectivity index (χ1v) is 4.85. The van der Waals surface area contributed by atoms with Crippen molar-refractivity contribution < 1.29 is 4.79 Å². The van der Waals surface area contributed by atoms with E-state index in [1.165, 1.54) is 7.05 Å². The highest BCUT2D eigenvalue weighted by molar-refractivity contribution is 6.06. The summed E-state index contributed by atoms with van der Waals surface area (Å²) in [5, 5.41) is 2.16. The highest BCUT2D eigenvalue weighted by atomic mass is 16.1. The molecule has 0 aliphatic rings. The highest BCUT2D eigenvalue weighted by Crippen LogP contribution is 2.18. The van der Waals surface area contributed by atoms with Gasteiger partial charge in [0.15, 0.2) is 5.78 Å². The van der Waals surface area contributed by atoms with Crippen LogP contribution in [0.1, 0.15) is 17.3 Å². The summed E-state index contributed by atoms with van der Waals surface area (Å²) in [5.41, 5.74) is 5.30. The van der Waals surface area contributed by atoms with Crippen LogP contribution in [0.4, 0.5) is 0 Å². The van der Waals surface area contributed by atoms with Crippen molar-refractivity contribution >= 4 is 16.6 Å². The van der Waals surface area contributed by atoms with E-state index >= 15 is 0 Å². The number of rotatable bonds is 1. The lowest BCUT2D eigenvalue weighted by Crippen LogP contribution is -1.92. The predicted molar refractivity (Wildman–Crippen MR) is 64.1 cm³/mol. The lowest BCUT2D eigenvalue weighted by molar-refractivity contribution is 0.101. The average molecular weight is 201 g/mol. The zero-order chi connectivity index (χ0) is 11.3. The molecule has 0 spiro atoms. The van der Waals surface area contributed by atoms with E-state index in [1.807, 2.05) is 42.5 Å². The topological polar surface area (TPSA) is 43.1 Å². The molecule has 2 rings (SSSR count). The predicted octanol–water partition coefficient (Wildman–Crippen LogP) is 2.62. The molecule has 0 saturated heterocycles. The molecule has 0 bridgehead atoms. The fourth-order valence-corrected chi connectivity index (χ4v) is 1.53. The normalized spacial score (nSPS) is 9.27. The molecule has 2 N–H and O–H groups in total. The molecule has 0 atom stereocenters. The van der Waals surface area contributed by atoms with Gasteiger partial charge in [-0.15, -0.1) is 0 Å². The van der Waals surface area contributed by atoms with Crippen LogP contribution in [0.25, 0.3) is 10.8 Å². The van der Waals surface area contributed by atoms with Gasteiger partial charge in [-0.25, -0.2) is 0 Å². The molecular formula is C13H15NO. The number of hydrogen-bond acceptors (Lipinski definition) is 2. The number of ketones is 1. The van der Waals surface area contributed by atoms with Gasteiger partial charge in [0.25, 0.3) is 0 Å². The van der Waals surface area contributed by atoms with Crippen molar-refractivity contribution in [2.24, 2.45) is 5.73 Å². The second-order valence-corrected chi connectivity index (χ2v) is 3.08. The molecule has 0 heterocycles. The third-order valence-electron chi connectivity index (χ3n) is 2.17. The van der Waals surface area contributed by atoms with Crippen LogP contribution in [0.2, 0.25) is 0 Å². The molecule has 0 amide bonds. The molecule has 2 nitrogen and oxygen atoms in total. The van der Waals surface area contributed by atoms with Gasteiger partial charge in [-0.05, 0) is 24.7 Å². The molecule has 0 radical (unpaired) electrons. The van der Waals surface area contributed by atoms with E-state index in [0.717, 1.165) is 16.3 Å². The zero-order valence-corrected chi connectivity index (χ0v) is 9.03. The largest absolute Gasteiger partial charge is 0.333 e. The van der Waals surface area contributed by atoms with Gasteiger partial charge in [0.05, 0.1) is 0 Å². The smallest absolute Gasteiger partial charge is 0.160 e. The van der Waals surface area contributed by atoms with Gasteiger partial charge in [-0.1, -0.05) is 42.5 Å². The molecule has 15 heavy (non-hydrogen) atoms. The van der Waals surface area contributed by atoms with E-state index in [2.05, 4.69) is 5.73 Å². The summed E-state index contributed by atoms with van der Waals surface area (Å²) in [6.45, 7) is 1.60. The summed E-state index contributed by atoms with van der Waals surface area (Å²) in [6, 6.07) is 13.7. The lowest BCUT2D eigenvalue weighted by Gasteiger charge is -2.01. The Labute approximate surface area is 89.7 Å². The molecular weight excluding hydrogens is 186 g/mol. The number of benzene rings is 2. The Balaban J connectivity index is 0.000000531. The van der Waals surface area contributed by atoms with Gasteiger partial charge in [0, 0.05) is 5.56 Å². The van der Waals surface area contributed by atoms with Crippen LogP contribution in [0.3, 0.4) is 0 Å². The third-order valence-corrected chi connectivity index (χ3v) is 2.17. The Morgan fingerprint density at radius 2 is 1.60 bits per heavy atom. The summed E-state index contributed by atoms with van der Waals surface area (Å²) in [5.74, 6) is 0.122. The number of carbonyl (C=O) groups excluding carboxylic acids is 1. The SMILES string of the molecule is CC(=O)c1cccc2ccccc12.CN. The maximum atomic E-state index is 11.3. The Morgan fingerprint density at radius 1 is 1.00 bits per heavy atom. The van der Waals surface area contributed by atoms with E-state index in [9.17, 15) is 4.79 Å². The molecule has 0 aliphatic carbocycles. The number of carbonyl (C=O) groups is 1. The molecule has 0 fully saturated rings. The van der Waals surface area contributed by atoms with E-state index in [-0.39, 0.29) is 5.78 Å². The van der Waals surface area contributed by atoms with Crippen LogP contribution in [-0.4, -0.2) is 12.8 Å². The van der Waals surface area contributed by atoms with Crippen molar-refractivity contribution in [2.75, 3.05) is 7.05 Å². The minimum absolute atomic E-state index is 0.122. The second kappa shape index (κ2) is 5.27. The minimum Gasteiger partial charge on any atom is -0.333 e. The van der Waals surface area contributed by atoms with Crippen molar-refractivity contribution in [3.05, 3.63) is 48.0 Å². The summed E-state index contributed by atoms with van der Waals surface area (Å²) in [6.07, 6.45) is 0. The molecule has 78 valence electrons. The third kappa shape index (κ3) is 2.42. The van der Waals surface area contributed by atoms with Crippen molar-refractivity contribution in [2.45, 2.75) is 6.92 Å². The van der Waals surface area contributed by atoms with Gasteiger partial charge in [0.2, 0.25) is 0 Å². The maximum Gasteiger partial charge on any atom is 0.160 e. The molecule has 0 aromatic heterocycles. The standard InChI is InChI=1S/C12H10O.CH5N/c1-9(13)11-8-4-6-10-5-2-3-7-12(10)11;1-2/h2-8H,1H3;2H2,1H3. The van der Waals surface area contributed by atoms with E-state index < -0.39 is 0 Å². The number of hydrogen-bond donors (Lipinski definition) is 1. The minimum atomic E-state index is 0.122. The van der Waals surface area contributed by atoms with Gasteiger partial charge < -0.3 is 5.73 Å². The summed E-state index contributed by atoms with van der Waals surface area (Å²) < 4.78 is 0. The summed E-state index contributed by atoms with van der Waals surface area (Å²) >= 11 is 0. The van der Waals surface area contributed by atoms with Crippen LogP contribution in [0, 0.1) is 0 Å². The van der Waals surface area contributed by atoms with Gasteiger partial charge in [-0.2, -0.15) is 0 Å². The highest BCUT2D eigenvalue weighted by Gasteiger charge is 2.02. The molecule has 2 aromatic carbocycles. The van der Waals surface area contributed by atoms with E-state index in [1.54, 1.807) is 6.92 Å². The fourth-order valence-electron chi connectivity index (χ4n) is 1.53. The Kier molecular flexibility index (Phi) is 4.01. The van der Waals surface area contributed by atoms with Gasteiger partial charge in [0.1, 0.15) is 0 Å². The first-order chi connectivity index (χ1) is 7.29. The quantitative estimate of drug-likeness (QED) is 0.721. The Morgan fingerprint density at radius 3 is 2.27 bits per heavy atom. The number of Topliss-reactive ketones (excluding diaryl/α,β-unsaturated/α-hetero) is 1. The number of fused-ring (bicyclic) bond motifs is 1. The van der Waals surface area contributed by atoms with Crippen molar-refractivity contribution in [1.82, 2.24) is 0 Å². The van der Waals surface area contributed by atoms with E-state index in [0.29, 0.717) is 0 Å². The monoisotopic (exact) mass is 201 g/mol. The van der Waals surface area contributed by atoms with Crippen molar-refractivity contribution in [1.29, 1.82) is 0 Å². The van der Waals surface area contributed by atoms with Gasteiger partial charge >= 0.3 is 0 Å². The average Bonchev–Trinajstić information content (AvgIpc) is 2.31. The lowest BCUT2D eigenvalue weighted by atomic mass is 10.0. The second-order valence-electron chi connectivity index (χ2n) is 3.08. The molecule has 2 aromatic rings. The van der Waals surface area contributed by atoms with Crippen LogP contribution in [0.15, 0.2) is 42.5 Å². The van der Waals surface area contributed by atoms with Crippen LogP contribution in [-0.2, 0) is 0 Å². The van der Waals surface area contributed by atoms with E-state index in [4.69, 9.17) is 0 Å². The van der Waals surface area contributed by atoms with Crippen LogP contribution in [0.5, 0.6) is 0 Å². The molecule has 2 heteroatoms. The van der Waals surface area contributed by atoms with Crippen LogP contribution >= 0.6 is 0 Å². The first kappa shape index (κ1) is 11.4. The zero-order valence-electron chi connectivity index (χ0n) is 9.03. The molecule has 0 aliphatic heterocycles. The Hall–Kier alpha value is -1.67. The van der Waals surface area contributed by atoms with Crippen molar-refractivity contribution in [3.63, 3.8) is 0 Å². The Bertz CT molecular complexity index is 458.